The summed E-state index contributed by atoms with van der Waals surface area (Å²) >= 11 is 0. The normalized spacial score (nSPS) is 11.1. The minimum atomic E-state index is -0.486. The zero-order valence-electron chi connectivity index (χ0n) is 11.3. The molecule has 0 aromatic carbocycles. The first-order valence-electron chi connectivity index (χ1n) is 5.98. The molecule has 0 aromatic rings. The van der Waals surface area contributed by atoms with Crippen molar-refractivity contribution in [2.24, 2.45) is 0 Å². The summed E-state index contributed by atoms with van der Waals surface area (Å²) < 4.78 is 5.10. The van der Waals surface area contributed by atoms with Gasteiger partial charge in [-0.25, -0.2) is 0 Å². The van der Waals surface area contributed by atoms with E-state index in [9.17, 15) is 9.59 Å². The molecule has 0 bridgehead atoms. The highest BCUT2D eigenvalue weighted by Gasteiger charge is 2.16. The van der Waals surface area contributed by atoms with E-state index < -0.39 is 5.60 Å². The molecule has 1 amide bonds. The first-order valence-corrected chi connectivity index (χ1v) is 5.98. The van der Waals surface area contributed by atoms with Crippen LogP contribution in [-0.4, -0.2) is 37.6 Å². The van der Waals surface area contributed by atoms with E-state index >= 15 is 0 Å². The van der Waals surface area contributed by atoms with E-state index in [-0.39, 0.29) is 24.7 Å². The highest BCUT2D eigenvalue weighted by atomic mass is 16.6. The van der Waals surface area contributed by atoms with Gasteiger partial charge in [0.05, 0.1) is 6.42 Å². The Balaban J connectivity index is 3.59. The van der Waals surface area contributed by atoms with Crippen LogP contribution in [-0.2, 0) is 14.3 Å². The second kappa shape index (κ2) is 8.06. The third-order valence-corrected chi connectivity index (χ3v) is 1.90. The van der Waals surface area contributed by atoms with Crippen molar-refractivity contribution in [3.8, 4) is 0 Å². The van der Waals surface area contributed by atoms with Gasteiger partial charge in [0.15, 0.2) is 0 Å². The van der Waals surface area contributed by atoms with Crippen LogP contribution in [0.25, 0.3) is 0 Å². The van der Waals surface area contributed by atoms with Crippen molar-refractivity contribution in [1.29, 1.82) is 0 Å². The molecule has 0 spiro atoms. The van der Waals surface area contributed by atoms with Crippen molar-refractivity contribution >= 4 is 11.9 Å². The van der Waals surface area contributed by atoms with E-state index in [1.807, 2.05) is 27.8 Å². The van der Waals surface area contributed by atoms with Crippen molar-refractivity contribution < 1.29 is 14.3 Å². The summed E-state index contributed by atoms with van der Waals surface area (Å²) in [6.07, 6.45) is 1.21. The molecule has 0 saturated heterocycles. The number of esters is 1. The minimum Gasteiger partial charge on any atom is -0.460 e. The van der Waals surface area contributed by atoms with Crippen LogP contribution >= 0.6 is 0 Å². The summed E-state index contributed by atoms with van der Waals surface area (Å²) in [6, 6.07) is 0. The smallest absolute Gasteiger partial charge is 0.306 e. The summed E-state index contributed by atoms with van der Waals surface area (Å²) in [5, 5.41) is 5.74. The van der Waals surface area contributed by atoms with Crippen LogP contribution in [0.1, 0.15) is 40.0 Å². The summed E-state index contributed by atoms with van der Waals surface area (Å²) in [5.74, 6) is -0.435. The highest BCUT2D eigenvalue weighted by molar-refractivity contribution is 5.81. The molecule has 0 aliphatic heterocycles. The molecule has 0 saturated carbocycles. The van der Waals surface area contributed by atoms with Crippen LogP contribution in [0.15, 0.2) is 0 Å². The Hall–Kier alpha value is -1.10. The molecular formula is C12H24N2O3. The lowest BCUT2D eigenvalue weighted by molar-refractivity contribution is -0.155. The standard InChI is InChI=1S/C12H24N2O3/c1-12(2,3)17-11(16)7-6-10(15)14-9-5-8-13-4/h13H,5-9H2,1-4H3,(H,14,15). The average molecular weight is 244 g/mol. The Kier molecular flexibility index (Phi) is 7.54. The molecule has 0 rings (SSSR count). The number of hydrogen-bond acceptors (Lipinski definition) is 4. The Morgan fingerprint density at radius 3 is 2.29 bits per heavy atom. The van der Waals surface area contributed by atoms with Crippen molar-refractivity contribution in [3.63, 3.8) is 0 Å². The fourth-order valence-electron chi connectivity index (χ4n) is 1.19. The quantitative estimate of drug-likeness (QED) is 0.514. The fourth-order valence-corrected chi connectivity index (χ4v) is 1.19. The summed E-state index contributed by atoms with van der Waals surface area (Å²) in [5.41, 5.74) is -0.486. The highest BCUT2D eigenvalue weighted by Crippen LogP contribution is 2.08. The second-order valence-electron chi connectivity index (χ2n) is 4.89. The largest absolute Gasteiger partial charge is 0.460 e. The summed E-state index contributed by atoms with van der Waals surface area (Å²) in [7, 11) is 1.87. The van der Waals surface area contributed by atoms with E-state index in [1.54, 1.807) is 0 Å². The molecule has 0 fully saturated rings. The Labute approximate surface area is 103 Å². The van der Waals surface area contributed by atoms with Crippen LogP contribution < -0.4 is 10.6 Å². The lowest BCUT2D eigenvalue weighted by Gasteiger charge is -2.19. The lowest BCUT2D eigenvalue weighted by atomic mass is 10.2. The first-order chi connectivity index (χ1) is 7.85. The van der Waals surface area contributed by atoms with E-state index in [4.69, 9.17) is 4.74 Å². The van der Waals surface area contributed by atoms with Gasteiger partial charge in [-0.15, -0.1) is 0 Å². The molecule has 0 heterocycles. The zero-order chi connectivity index (χ0) is 13.3. The van der Waals surface area contributed by atoms with Gasteiger partial charge in [-0.05, 0) is 40.8 Å². The maximum atomic E-state index is 11.3. The van der Waals surface area contributed by atoms with Crippen LogP contribution in [0.2, 0.25) is 0 Å². The maximum absolute atomic E-state index is 11.3. The number of rotatable bonds is 7. The minimum absolute atomic E-state index is 0.105. The van der Waals surface area contributed by atoms with Crippen molar-refractivity contribution in [3.05, 3.63) is 0 Å². The van der Waals surface area contributed by atoms with Gasteiger partial charge >= 0.3 is 5.97 Å². The molecule has 17 heavy (non-hydrogen) atoms. The number of carbonyl (C=O) groups excluding carboxylic acids is 2. The van der Waals surface area contributed by atoms with E-state index in [0.29, 0.717) is 6.54 Å². The first kappa shape index (κ1) is 15.9. The zero-order valence-corrected chi connectivity index (χ0v) is 11.3. The number of ether oxygens (including phenoxy) is 1. The molecule has 0 aliphatic rings. The van der Waals surface area contributed by atoms with Crippen molar-refractivity contribution in [1.82, 2.24) is 10.6 Å². The molecule has 100 valence electrons. The topological polar surface area (TPSA) is 67.4 Å². The van der Waals surface area contributed by atoms with Gasteiger partial charge in [-0.2, -0.15) is 0 Å². The average Bonchev–Trinajstić information content (AvgIpc) is 2.19. The van der Waals surface area contributed by atoms with Gasteiger partial charge in [-0.3, -0.25) is 9.59 Å². The Bertz CT molecular complexity index is 247. The molecule has 0 radical (unpaired) electrons. The van der Waals surface area contributed by atoms with Crippen molar-refractivity contribution in [2.45, 2.75) is 45.6 Å². The van der Waals surface area contributed by atoms with Gasteiger partial charge in [0.2, 0.25) is 5.91 Å². The molecule has 0 atom stereocenters. The number of amides is 1. The third kappa shape index (κ3) is 11.2. The van der Waals surface area contributed by atoms with Crippen LogP contribution in [0.5, 0.6) is 0 Å². The predicted octanol–water partition coefficient (Wildman–Crippen LogP) is 0.834. The molecule has 2 N–H and O–H groups in total. The molecule has 0 unspecified atom stereocenters. The van der Waals surface area contributed by atoms with Crippen molar-refractivity contribution in [2.75, 3.05) is 20.1 Å². The van der Waals surface area contributed by atoms with Gasteiger partial charge in [0.1, 0.15) is 5.60 Å². The Morgan fingerprint density at radius 2 is 1.76 bits per heavy atom. The molecule has 5 heteroatoms. The van der Waals surface area contributed by atoms with Gasteiger partial charge in [-0.1, -0.05) is 0 Å². The van der Waals surface area contributed by atoms with E-state index in [0.717, 1.165) is 13.0 Å². The summed E-state index contributed by atoms with van der Waals surface area (Å²) in [6.45, 7) is 6.93. The maximum Gasteiger partial charge on any atom is 0.306 e. The monoisotopic (exact) mass is 244 g/mol. The van der Waals surface area contributed by atoms with Gasteiger partial charge in [0, 0.05) is 13.0 Å². The van der Waals surface area contributed by atoms with E-state index in [2.05, 4.69) is 10.6 Å². The molecule has 5 nitrogen and oxygen atoms in total. The SMILES string of the molecule is CNCCCNC(=O)CCC(=O)OC(C)(C)C. The lowest BCUT2D eigenvalue weighted by Crippen LogP contribution is -2.28. The number of hydrogen-bond donors (Lipinski definition) is 2. The van der Waals surface area contributed by atoms with Gasteiger partial charge in [0.25, 0.3) is 0 Å². The van der Waals surface area contributed by atoms with Crippen LogP contribution in [0.3, 0.4) is 0 Å². The number of carbonyl (C=O) groups is 2. The second-order valence-corrected chi connectivity index (χ2v) is 4.89. The summed E-state index contributed by atoms with van der Waals surface area (Å²) in [4.78, 5) is 22.7. The molecular weight excluding hydrogens is 220 g/mol. The molecule has 0 aromatic heterocycles. The van der Waals surface area contributed by atoms with Gasteiger partial charge < -0.3 is 15.4 Å². The number of nitrogens with one attached hydrogen (secondary N) is 2. The van der Waals surface area contributed by atoms with Crippen LogP contribution in [0, 0.1) is 0 Å². The predicted molar refractivity (Wildman–Crippen MR) is 66.6 cm³/mol. The third-order valence-electron chi connectivity index (χ3n) is 1.90. The van der Waals surface area contributed by atoms with Crippen LogP contribution in [0.4, 0.5) is 0 Å². The Morgan fingerprint density at radius 1 is 1.12 bits per heavy atom. The molecule has 0 aliphatic carbocycles. The fraction of sp³-hybridized carbons (Fsp3) is 0.833. The van der Waals surface area contributed by atoms with E-state index in [1.165, 1.54) is 0 Å².